The number of fused-ring (bicyclic) bond motifs is 1. The molecular weight excluding hydrogens is 389 g/mol. The van der Waals surface area contributed by atoms with Gasteiger partial charge in [-0.3, -0.25) is 14.9 Å². The van der Waals surface area contributed by atoms with E-state index in [0.29, 0.717) is 6.07 Å². The van der Waals surface area contributed by atoms with E-state index in [0.717, 1.165) is 18.2 Å². The van der Waals surface area contributed by atoms with Gasteiger partial charge in [0.25, 0.3) is 11.6 Å². The normalized spacial score (nSPS) is 11.8. The molecule has 146 valence electrons. The van der Waals surface area contributed by atoms with Crippen LogP contribution in [0.2, 0.25) is 0 Å². The second-order valence-corrected chi connectivity index (χ2v) is 5.33. The van der Waals surface area contributed by atoms with Crippen molar-refractivity contribution in [1.29, 1.82) is 0 Å². The van der Waals surface area contributed by atoms with Gasteiger partial charge < -0.3 is 19.5 Å². The highest BCUT2D eigenvalue weighted by molar-refractivity contribution is 5.98. The molecule has 0 aromatic heterocycles. The molecule has 0 fully saturated rings. The Morgan fingerprint density at radius 2 is 1.82 bits per heavy atom. The van der Waals surface area contributed by atoms with Gasteiger partial charge in [-0.2, -0.15) is 0 Å². The van der Waals surface area contributed by atoms with Crippen molar-refractivity contribution >= 4 is 23.3 Å². The molecule has 12 heteroatoms. The Labute approximate surface area is 153 Å². The molecule has 3 rings (SSSR count). The van der Waals surface area contributed by atoms with E-state index >= 15 is 0 Å². The summed E-state index contributed by atoms with van der Waals surface area (Å²) >= 11 is 0. The molecule has 0 saturated carbocycles. The van der Waals surface area contributed by atoms with Crippen LogP contribution in [0.1, 0.15) is 10.4 Å². The third kappa shape index (κ3) is 3.65. The largest absolute Gasteiger partial charge is 0.454 e. The molecule has 1 aliphatic rings. The van der Waals surface area contributed by atoms with Gasteiger partial charge in [-0.15, -0.1) is 0 Å². The van der Waals surface area contributed by atoms with Crippen molar-refractivity contribution in [1.82, 2.24) is 0 Å². The maximum Gasteiger partial charge on any atom is 0.345 e. The lowest BCUT2D eigenvalue weighted by molar-refractivity contribution is -0.385. The number of amides is 1. The van der Waals surface area contributed by atoms with Gasteiger partial charge in [-0.05, 0) is 12.1 Å². The smallest absolute Gasteiger partial charge is 0.345 e. The second-order valence-electron chi connectivity index (χ2n) is 5.33. The summed E-state index contributed by atoms with van der Waals surface area (Å²) < 4.78 is 54.2. The monoisotopic (exact) mass is 398 g/mol. The highest BCUT2D eigenvalue weighted by Crippen LogP contribution is 2.38. The fourth-order valence-electron chi connectivity index (χ4n) is 2.26. The maximum atomic E-state index is 13.5. The number of ether oxygens (including phenoxy) is 3. The number of esters is 1. The molecule has 0 spiro atoms. The van der Waals surface area contributed by atoms with E-state index in [1.807, 2.05) is 5.32 Å². The van der Waals surface area contributed by atoms with Gasteiger partial charge in [-0.1, -0.05) is 0 Å². The van der Waals surface area contributed by atoms with E-state index in [1.165, 1.54) is 0 Å². The molecule has 0 radical (unpaired) electrons. The van der Waals surface area contributed by atoms with Crippen molar-refractivity contribution in [2.24, 2.45) is 0 Å². The van der Waals surface area contributed by atoms with E-state index in [9.17, 15) is 32.9 Å². The minimum atomic E-state index is -1.79. The van der Waals surface area contributed by atoms with Gasteiger partial charge in [0.05, 0.1) is 16.7 Å². The lowest BCUT2D eigenvalue weighted by Crippen LogP contribution is -2.22. The van der Waals surface area contributed by atoms with Crippen LogP contribution in [0.4, 0.5) is 24.5 Å². The molecule has 2 aromatic rings. The van der Waals surface area contributed by atoms with Crippen LogP contribution in [0.25, 0.3) is 0 Å². The molecule has 1 amide bonds. The number of benzene rings is 2. The van der Waals surface area contributed by atoms with E-state index < -0.39 is 57.8 Å². The summed E-state index contributed by atoms with van der Waals surface area (Å²) in [7, 11) is 0. The Morgan fingerprint density at radius 1 is 1.14 bits per heavy atom. The van der Waals surface area contributed by atoms with Crippen molar-refractivity contribution in [3.63, 3.8) is 0 Å². The molecule has 0 aliphatic carbocycles. The highest BCUT2D eigenvalue weighted by atomic mass is 19.2. The van der Waals surface area contributed by atoms with Gasteiger partial charge in [0.15, 0.2) is 35.6 Å². The minimum absolute atomic E-state index is 0.0646. The number of halogens is 3. The lowest BCUT2D eigenvalue weighted by atomic mass is 10.1. The quantitative estimate of drug-likeness (QED) is 0.356. The molecule has 0 atom stereocenters. The van der Waals surface area contributed by atoms with Gasteiger partial charge >= 0.3 is 5.97 Å². The van der Waals surface area contributed by atoms with Crippen molar-refractivity contribution in [2.45, 2.75) is 0 Å². The number of carbonyl (C=O) groups is 2. The number of nitro groups is 1. The number of nitrogens with one attached hydrogen (secondary N) is 1. The van der Waals surface area contributed by atoms with Crippen LogP contribution in [-0.2, 0) is 9.53 Å². The number of rotatable bonds is 5. The Bertz CT molecular complexity index is 997. The molecular formula is C16H9F3N2O7. The topological polar surface area (TPSA) is 117 Å². The third-order valence-electron chi connectivity index (χ3n) is 3.55. The Morgan fingerprint density at radius 3 is 2.50 bits per heavy atom. The Balaban J connectivity index is 1.70. The van der Waals surface area contributed by atoms with Gasteiger partial charge in [-0.25, -0.2) is 18.0 Å². The number of hydrogen-bond donors (Lipinski definition) is 1. The average molecular weight is 398 g/mol. The summed E-state index contributed by atoms with van der Waals surface area (Å²) in [5, 5.41) is 13.0. The van der Waals surface area contributed by atoms with E-state index in [2.05, 4.69) is 4.74 Å². The van der Waals surface area contributed by atoms with Crippen LogP contribution in [0.15, 0.2) is 24.3 Å². The molecule has 28 heavy (non-hydrogen) atoms. The summed E-state index contributed by atoms with van der Waals surface area (Å²) in [6.07, 6.45) is 0. The molecule has 1 aliphatic heterocycles. The molecule has 2 aromatic carbocycles. The maximum absolute atomic E-state index is 13.5. The Kier molecular flexibility index (Phi) is 5.02. The van der Waals surface area contributed by atoms with Gasteiger partial charge in [0.1, 0.15) is 5.56 Å². The molecule has 9 nitrogen and oxygen atoms in total. The Hall–Kier alpha value is -3.83. The van der Waals surface area contributed by atoms with Crippen LogP contribution >= 0.6 is 0 Å². The predicted octanol–water partition coefficient (Wildman–Crippen LogP) is 2.54. The average Bonchev–Trinajstić information content (AvgIpc) is 3.13. The first-order chi connectivity index (χ1) is 13.3. The molecule has 0 unspecified atom stereocenters. The van der Waals surface area contributed by atoms with Crippen LogP contribution in [0.5, 0.6) is 11.5 Å². The molecule has 1 heterocycles. The fraction of sp³-hybridized carbons (Fsp3) is 0.125. The second kappa shape index (κ2) is 7.42. The van der Waals surface area contributed by atoms with Crippen LogP contribution in [-0.4, -0.2) is 30.2 Å². The summed E-state index contributed by atoms with van der Waals surface area (Å²) in [6, 6.07) is 3.36. The summed E-state index contributed by atoms with van der Waals surface area (Å²) in [4.78, 5) is 34.1. The van der Waals surface area contributed by atoms with Crippen molar-refractivity contribution in [2.75, 3.05) is 18.7 Å². The summed E-state index contributed by atoms with van der Waals surface area (Å²) in [6.45, 7) is -1.16. The van der Waals surface area contributed by atoms with Gasteiger partial charge in [0, 0.05) is 6.07 Å². The number of nitro benzene ring substituents is 1. The zero-order valence-corrected chi connectivity index (χ0v) is 13.7. The fourth-order valence-corrected chi connectivity index (χ4v) is 2.26. The first-order valence-electron chi connectivity index (χ1n) is 7.46. The number of anilines is 1. The van der Waals surface area contributed by atoms with E-state index in [-0.39, 0.29) is 18.3 Å². The zero-order chi connectivity index (χ0) is 20.4. The highest BCUT2D eigenvalue weighted by Gasteiger charge is 2.28. The van der Waals surface area contributed by atoms with Gasteiger partial charge in [0.2, 0.25) is 6.79 Å². The van der Waals surface area contributed by atoms with Crippen LogP contribution in [0, 0.1) is 27.6 Å². The third-order valence-corrected chi connectivity index (χ3v) is 3.55. The predicted molar refractivity (Wildman–Crippen MR) is 84.4 cm³/mol. The summed E-state index contributed by atoms with van der Waals surface area (Å²) in [5.74, 6) is -7.04. The standard InChI is InChI=1S/C16H9F3N2O7/c17-8-1-2-9(15(19)14(8)18)20-13(22)5-26-16(23)7-3-11-12(28-6-27-11)4-10(7)21(24)25/h1-4H,5-6H2,(H,20,22). The number of hydrogen-bond acceptors (Lipinski definition) is 7. The van der Waals surface area contributed by atoms with Crippen molar-refractivity contribution in [3.8, 4) is 11.5 Å². The summed E-state index contributed by atoms with van der Waals surface area (Å²) in [5.41, 5.74) is -1.81. The zero-order valence-electron chi connectivity index (χ0n) is 13.7. The minimum Gasteiger partial charge on any atom is -0.454 e. The van der Waals surface area contributed by atoms with Crippen LogP contribution < -0.4 is 14.8 Å². The number of nitrogens with zero attached hydrogens (tertiary/aromatic N) is 1. The van der Waals surface area contributed by atoms with Crippen molar-refractivity contribution < 1.29 is 41.9 Å². The molecule has 1 N–H and O–H groups in total. The SMILES string of the molecule is O=C(COC(=O)c1cc2c(cc1[N+](=O)[O-])OCO2)Nc1ccc(F)c(F)c1F. The lowest BCUT2D eigenvalue weighted by Gasteiger charge is -2.09. The van der Waals surface area contributed by atoms with Crippen molar-refractivity contribution in [3.05, 3.63) is 57.4 Å². The number of carbonyl (C=O) groups excluding carboxylic acids is 2. The first-order valence-corrected chi connectivity index (χ1v) is 7.46. The van der Waals surface area contributed by atoms with E-state index in [4.69, 9.17) is 9.47 Å². The first kappa shape index (κ1) is 18.9. The van der Waals surface area contributed by atoms with E-state index in [1.54, 1.807) is 0 Å². The molecule has 0 saturated heterocycles. The molecule has 0 bridgehead atoms. The van der Waals surface area contributed by atoms with Crippen LogP contribution in [0.3, 0.4) is 0 Å².